The van der Waals surface area contributed by atoms with Gasteiger partial charge >= 0.3 is 0 Å². The quantitative estimate of drug-likeness (QED) is 0.826. The summed E-state index contributed by atoms with van der Waals surface area (Å²) >= 11 is 0. The van der Waals surface area contributed by atoms with Crippen molar-refractivity contribution in [3.8, 4) is 0 Å². The van der Waals surface area contributed by atoms with Crippen LogP contribution in [0.3, 0.4) is 0 Å². The Morgan fingerprint density at radius 1 is 1.20 bits per heavy atom. The van der Waals surface area contributed by atoms with Crippen molar-refractivity contribution in [2.45, 2.75) is 19.4 Å². The van der Waals surface area contributed by atoms with E-state index in [1.165, 1.54) is 6.33 Å². The molecule has 2 aromatic rings. The summed E-state index contributed by atoms with van der Waals surface area (Å²) in [5.74, 6) is 1.34. The first-order chi connectivity index (χ1) is 9.81. The summed E-state index contributed by atoms with van der Waals surface area (Å²) in [7, 11) is 0. The number of aromatic nitrogens is 5. The molecule has 104 valence electrons. The summed E-state index contributed by atoms with van der Waals surface area (Å²) < 4.78 is 0. The Balaban J connectivity index is 1.72. The van der Waals surface area contributed by atoms with Gasteiger partial charge in [0.1, 0.15) is 6.33 Å². The molecule has 1 saturated heterocycles. The third-order valence-corrected chi connectivity index (χ3v) is 3.10. The molecule has 1 aliphatic heterocycles. The fourth-order valence-electron chi connectivity index (χ4n) is 2.11. The average Bonchev–Trinajstić information content (AvgIpc) is 3.00. The molecular formula is C12H16N8. The minimum atomic E-state index is 0.229. The molecule has 3 heterocycles. The van der Waals surface area contributed by atoms with Gasteiger partial charge in [-0.05, 0) is 18.9 Å². The van der Waals surface area contributed by atoms with Crippen molar-refractivity contribution < 1.29 is 0 Å². The highest BCUT2D eigenvalue weighted by Crippen LogP contribution is 2.17. The number of nitrogens with two attached hydrogens (primary N) is 1. The van der Waals surface area contributed by atoms with Crippen LogP contribution in [-0.2, 0) is 6.54 Å². The number of nitrogens with zero attached hydrogens (tertiary/aromatic N) is 6. The summed E-state index contributed by atoms with van der Waals surface area (Å²) in [6.07, 6.45) is 5.53. The van der Waals surface area contributed by atoms with E-state index >= 15 is 0 Å². The van der Waals surface area contributed by atoms with Crippen LogP contribution in [0.25, 0.3) is 0 Å². The lowest BCUT2D eigenvalue weighted by atomic mass is 10.4. The minimum absolute atomic E-state index is 0.229. The van der Waals surface area contributed by atoms with E-state index in [0.29, 0.717) is 18.4 Å². The molecule has 0 unspecified atom stereocenters. The summed E-state index contributed by atoms with van der Waals surface area (Å²) in [6, 6.07) is 1.83. The van der Waals surface area contributed by atoms with E-state index in [0.717, 1.165) is 31.6 Å². The van der Waals surface area contributed by atoms with Gasteiger partial charge in [0.25, 0.3) is 0 Å². The van der Waals surface area contributed by atoms with Gasteiger partial charge in [-0.2, -0.15) is 15.0 Å². The molecule has 1 fully saturated rings. The smallest absolute Gasteiger partial charge is 0.231 e. The van der Waals surface area contributed by atoms with Crippen molar-refractivity contribution >= 4 is 17.8 Å². The number of hydrogen-bond acceptors (Lipinski definition) is 8. The van der Waals surface area contributed by atoms with Crippen LogP contribution < -0.4 is 16.0 Å². The van der Waals surface area contributed by atoms with Crippen LogP contribution in [0.5, 0.6) is 0 Å². The normalized spacial score (nSPS) is 14.5. The Morgan fingerprint density at radius 2 is 2.05 bits per heavy atom. The first-order valence-corrected chi connectivity index (χ1v) is 6.56. The predicted molar refractivity (Wildman–Crippen MR) is 75.0 cm³/mol. The summed E-state index contributed by atoms with van der Waals surface area (Å²) in [5, 5.41) is 3.11. The third-order valence-electron chi connectivity index (χ3n) is 3.10. The van der Waals surface area contributed by atoms with Crippen molar-refractivity contribution in [3.63, 3.8) is 0 Å². The van der Waals surface area contributed by atoms with Crippen molar-refractivity contribution in [1.29, 1.82) is 0 Å². The Hall–Kier alpha value is -2.51. The van der Waals surface area contributed by atoms with Gasteiger partial charge in [-0.25, -0.2) is 9.97 Å². The highest BCUT2D eigenvalue weighted by atomic mass is 15.3. The number of hydrogen-bond donors (Lipinski definition) is 2. The molecule has 0 atom stereocenters. The monoisotopic (exact) mass is 272 g/mol. The lowest BCUT2D eigenvalue weighted by Gasteiger charge is -2.15. The van der Waals surface area contributed by atoms with Gasteiger partial charge in [-0.1, -0.05) is 0 Å². The van der Waals surface area contributed by atoms with Crippen LogP contribution in [-0.4, -0.2) is 38.0 Å². The van der Waals surface area contributed by atoms with Crippen LogP contribution >= 0.6 is 0 Å². The van der Waals surface area contributed by atoms with Crippen LogP contribution in [0.4, 0.5) is 17.8 Å². The molecule has 3 N–H and O–H groups in total. The largest absolute Gasteiger partial charge is 0.368 e. The maximum Gasteiger partial charge on any atom is 0.231 e. The van der Waals surface area contributed by atoms with Crippen molar-refractivity contribution in [1.82, 2.24) is 24.9 Å². The van der Waals surface area contributed by atoms with E-state index in [1.54, 1.807) is 6.20 Å². The maximum absolute atomic E-state index is 5.74. The molecule has 1 aliphatic rings. The molecule has 0 spiro atoms. The van der Waals surface area contributed by atoms with Crippen LogP contribution in [0.1, 0.15) is 18.5 Å². The highest BCUT2D eigenvalue weighted by Gasteiger charge is 2.16. The van der Waals surface area contributed by atoms with E-state index < -0.39 is 0 Å². The number of rotatable bonds is 4. The molecule has 20 heavy (non-hydrogen) atoms. The van der Waals surface area contributed by atoms with Crippen molar-refractivity contribution in [3.05, 3.63) is 24.3 Å². The van der Waals surface area contributed by atoms with Gasteiger partial charge in [-0.3, -0.25) is 0 Å². The molecule has 2 aromatic heterocycles. The highest BCUT2D eigenvalue weighted by molar-refractivity contribution is 5.42. The summed E-state index contributed by atoms with van der Waals surface area (Å²) in [4.78, 5) is 22.8. The zero-order chi connectivity index (χ0) is 13.8. The molecule has 0 radical (unpaired) electrons. The van der Waals surface area contributed by atoms with Gasteiger partial charge in [0.05, 0.1) is 12.2 Å². The van der Waals surface area contributed by atoms with Gasteiger partial charge in [0.15, 0.2) is 0 Å². The Labute approximate surface area is 116 Å². The number of nitrogens with one attached hydrogen (secondary N) is 1. The fraction of sp³-hybridized carbons (Fsp3) is 0.417. The topological polar surface area (TPSA) is 106 Å². The predicted octanol–water partition coefficient (Wildman–Crippen LogP) is 0.456. The van der Waals surface area contributed by atoms with Gasteiger partial charge in [0.2, 0.25) is 17.8 Å². The number of anilines is 3. The van der Waals surface area contributed by atoms with Crippen molar-refractivity contribution in [2.75, 3.05) is 29.0 Å². The minimum Gasteiger partial charge on any atom is -0.368 e. The van der Waals surface area contributed by atoms with E-state index in [9.17, 15) is 0 Å². The van der Waals surface area contributed by atoms with Gasteiger partial charge < -0.3 is 16.0 Å². The Bertz CT molecular complexity index is 567. The first-order valence-electron chi connectivity index (χ1n) is 6.56. The second-order valence-electron chi connectivity index (χ2n) is 4.57. The second-order valence-corrected chi connectivity index (χ2v) is 4.57. The van der Waals surface area contributed by atoms with E-state index in [2.05, 4.69) is 35.1 Å². The van der Waals surface area contributed by atoms with Crippen LogP contribution in [0.2, 0.25) is 0 Å². The second kappa shape index (κ2) is 5.64. The van der Waals surface area contributed by atoms with Crippen LogP contribution in [0, 0.1) is 0 Å². The molecular weight excluding hydrogens is 256 g/mol. The maximum atomic E-state index is 5.74. The lowest BCUT2D eigenvalue weighted by molar-refractivity contribution is 0.878. The standard InChI is InChI=1S/C12H16N8/c13-10-17-11(15-7-9-3-4-14-8-16-9)19-12(18-10)20-5-1-2-6-20/h3-4,8H,1-2,5-7H2,(H3,13,15,17,18,19). The fourth-order valence-corrected chi connectivity index (χ4v) is 2.11. The molecule has 0 aromatic carbocycles. The Morgan fingerprint density at radius 3 is 2.80 bits per heavy atom. The molecule has 0 bridgehead atoms. The van der Waals surface area contributed by atoms with Crippen molar-refractivity contribution in [2.24, 2.45) is 0 Å². The van der Waals surface area contributed by atoms with E-state index in [-0.39, 0.29) is 5.95 Å². The average molecular weight is 272 g/mol. The zero-order valence-electron chi connectivity index (χ0n) is 11.0. The molecule has 0 amide bonds. The van der Waals surface area contributed by atoms with Gasteiger partial charge in [-0.15, -0.1) is 0 Å². The SMILES string of the molecule is Nc1nc(NCc2ccncn2)nc(N2CCCC2)n1. The third kappa shape index (κ3) is 2.90. The molecule has 8 nitrogen and oxygen atoms in total. The Kier molecular flexibility index (Phi) is 3.53. The van der Waals surface area contributed by atoms with Crippen LogP contribution in [0.15, 0.2) is 18.6 Å². The first kappa shape index (κ1) is 12.5. The summed E-state index contributed by atoms with van der Waals surface area (Å²) in [5.41, 5.74) is 6.60. The van der Waals surface area contributed by atoms with Gasteiger partial charge in [0, 0.05) is 19.3 Å². The molecule has 8 heteroatoms. The zero-order valence-corrected chi connectivity index (χ0v) is 11.0. The molecule has 0 saturated carbocycles. The number of nitrogen functional groups attached to an aromatic ring is 1. The lowest BCUT2D eigenvalue weighted by Crippen LogP contribution is -2.22. The van der Waals surface area contributed by atoms with E-state index in [4.69, 9.17) is 5.73 Å². The summed E-state index contributed by atoms with van der Waals surface area (Å²) in [6.45, 7) is 2.45. The molecule has 0 aliphatic carbocycles. The molecule has 3 rings (SSSR count). The van der Waals surface area contributed by atoms with E-state index in [1.807, 2.05) is 6.07 Å².